The second kappa shape index (κ2) is 14.9. The largest absolute Gasteiger partial charge is 0.448 e. The summed E-state index contributed by atoms with van der Waals surface area (Å²) >= 11 is 0. The van der Waals surface area contributed by atoms with Gasteiger partial charge in [0.1, 0.15) is 5.82 Å². The van der Waals surface area contributed by atoms with Gasteiger partial charge in [-0.2, -0.15) is 18.2 Å². The predicted octanol–water partition coefficient (Wildman–Crippen LogP) is 6.96. The number of rotatable bonds is 10. The maximum Gasteiger partial charge on any atom is 0.442 e. The molecule has 0 radical (unpaired) electrons. The van der Waals surface area contributed by atoms with Crippen molar-refractivity contribution in [3.63, 3.8) is 0 Å². The van der Waals surface area contributed by atoms with Gasteiger partial charge in [0.05, 0.1) is 28.5 Å². The van der Waals surface area contributed by atoms with Crippen LogP contribution in [0.5, 0.6) is 0 Å². The Bertz CT molecular complexity index is 1850. The number of aromatic nitrogens is 2. The van der Waals surface area contributed by atoms with Gasteiger partial charge in [0, 0.05) is 46.0 Å². The second-order valence-electron chi connectivity index (χ2n) is 10.2. The Morgan fingerprint density at radius 2 is 1.66 bits per heavy atom. The first-order valence-corrected chi connectivity index (χ1v) is 16.1. The van der Waals surface area contributed by atoms with Crippen molar-refractivity contribution in [2.24, 2.45) is 4.36 Å². The molecule has 0 bridgehead atoms. The van der Waals surface area contributed by atoms with Crippen LogP contribution in [0.3, 0.4) is 0 Å². The van der Waals surface area contributed by atoms with E-state index < -0.39 is 33.6 Å². The Kier molecular flexibility index (Phi) is 11.0. The van der Waals surface area contributed by atoms with E-state index in [0.29, 0.717) is 33.2 Å². The number of hydrogen-bond donors (Lipinski definition) is 5. The average Bonchev–Trinajstić information content (AvgIpc) is 3.01. The van der Waals surface area contributed by atoms with Crippen molar-refractivity contribution in [3.05, 3.63) is 84.6 Å². The molecular formula is C31H32F3N7O5S. The SMILES string of the molecule is CCOC(=O)N=[S@](C)(=O)c1ccc(Nc2ncc(-c3ccc(NC(=O)Nc4cccc(C(F)(F)F)c4)cc3)c(N[C@H](C)CO)n2)cc1. The first-order valence-electron chi connectivity index (χ1n) is 14.1. The average molecular weight is 672 g/mol. The van der Waals surface area contributed by atoms with Crippen LogP contribution in [0.15, 0.2) is 88.3 Å². The number of ether oxygens (including phenoxy) is 1. The van der Waals surface area contributed by atoms with E-state index in [-0.39, 0.29) is 30.9 Å². The minimum Gasteiger partial charge on any atom is -0.448 e. The number of benzene rings is 3. The van der Waals surface area contributed by atoms with Crippen LogP contribution < -0.4 is 21.3 Å². The molecule has 1 heterocycles. The minimum absolute atomic E-state index is 0.0149. The molecular weight excluding hydrogens is 639 g/mol. The monoisotopic (exact) mass is 671 g/mol. The summed E-state index contributed by atoms with van der Waals surface area (Å²) in [6.45, 7) is 3.32. The number of halogens is 3. The summed E-state index contributed by atoms with van der Waals surface area (Å²) < 4.78 is 60.3. The highest BCUT2D eigenvalue weighted by Crippen LogP contribution is 2.31. The molecule has 0 unspecified atom stereocenters. The first-order chi connectivity index (χ1) is 22.3. The second-order valence-corrected chi connectivity index (χ2v) is 12.4. The molecule has 3 amide bonds. The van der Waals surface area contributed by atoms with Crippen LogP contribution in [-0.4, -0.2) is 56.9 Å². The number of alkyl halides is 3. The number of amides is 3. The van der Waals surface area contributed by atoms with Gasteiger partial charge in [-0.3, -0.25) is 0 Å². The molecule has 4 aromatic rings. The Balaban J connectivity index is 1.49. The molecule has 0 saturated carbocycles. The zero-order chi connectivity index (χ0) is 34.2. The summed E-state index contributed by atoms with van der Waals surface area (Å²) in [6.07, 6.45) is -2.54. The van der Waals surface area contributed by atoms with E-state index in [9.17, 15) is 32.1 Å². The smallest absolute Gasteiger partial charge is 0.442 e. The van der Waals surface area contributed by atoms with Gasteiger partial charge in [0.2, 0.25) is 5.95 Å². The van der Waals surface area contributed by atoms with E-state index in [4.69, 9.17) is 4.74 Å². The van der Waals surface area contributed by atoms with E-state index in [1.165, 1.54) is 18.4 Å². The van der Waals surface area contributed by atoms with Gasteiger partial charge >= 0.3 is 18.3 Å². The van der Waals surface area contributed by atoms with E-state index in [0.717, 1.165) is 12.1 Å². The fourth-order valence-corrected chi connectivity index (χ4v) is 5.19. The summed E-state index contributed by atoms with van der Waals surface area (Å²) in [7, 11) is -3.02. The summed E-state index contributed by atoms with van der Waals surface area (Å²) in [5.74, 6) is 0.612. The number of anilines is 5. The lowest BCUT2D eigenvalue weighted by Gasteiger charge is -2.17. The molecule has 47 heavy (non-hydrogen) atoms. The number of hydrogen-bond acceptors (Lipinski definition) is 9. The fraction of sp³-hybridized carbons (Fsp3) is 0.226. The molecule has 1 aromatic heterocycles. The lowest BCUT2D eigenvalue weighted by atomic mass is 10.1. The van der Waals surface area contributed by atoms with Crippen molar-refractivity contribution >= 4 is 50.7 Å². The van der Waals surface area contributed by atoms with Crippen LogP contribution in [-0.2, 0) is 20.6 Å². The molecule has 4 rings (SSSR count). The van der Waals surface area contributed by atoms with Crippen LogP contribution in [0.2, 0.25) is 0 Å². The zero-order valence-corrected chi connectivity index (χ0v) is 26.3. The molecule has 0 fully saturated rings. The van der Waals surface area contributed by atoms with E-state index in [1.807, 2.05) is 0 Å². The molecule has 12 nitrogen and oxygen atoms in total. The molecule has 0 aliphatic rings. The molecule has 16 heteroatoms. The van der Waals surface area contributed by atoms with Crippen molar-refractivity contribution < 1.29 is 36.8 Å². The van der Waals surface area contributed by atoms with Crippen LogP contribution in [0.4, 0.5) is 51.6 Å². The van der Waals surface area contributed by atoms with Gasteiger partial charge < -0.3 is 31.1 Å². The topological polar surface area (TPSA) is 167 Å². The number of aliphatic hydroxyl groups is 1. The number of carbonyl (C=O) groups is 2. The van der Waals surface area contributed by atoms with Crippen LogP contribution in [0.1, 0.15) is 19.4 Å². The van der Waals surface area contributed by atoms with Crippen molar-refractivity contribution in [2.45, 2.75) is 31.0 Å². The van der Waals surface area contributed by atoms with Crippen molar-refractivity contribution in [2.75, 3.05) is 40.7 Å². The third-order valence-electron chi connectivity index (χ3n) is 6.41. The quantitative estimate of drug-likeness (QED) is 0.120. The fourth-order valence-electron chi connectivity index (χ4n) is 4.11. The van der Waals surface area contributed by atoms with E-state index in [2.05, 4.69) is 35.6 Å². The highest BCUT2D eigenvalue weighted by atomic mass is 32.2. The van der Waals surface area contributed by atoms with Crippen LogP contribution >= 0.6 is 0 Å². The van der Waals surface area contributed by atoms with Gasteiger partial charge in [-0.25, -0.2) is 18.8 Å². The van der Waals surface area contributed by atoms with Crippen molar-refractivity contribution in [1.82, 2.24) is 9.97 Å². The van der Waals surface area contributed by atoms with Crippen molar-refractivity contribution in [3.8, 4) is 11.1 Å². The number of urea groups is 1. The lowest BCUT2D eigenvalue weighted by Crippen LogP contribution is -2.21. The number of aliphatic hydroxyl groups excluding tert-OH is 1. The molecule has 2 atom stereocenters. The predicted molar refractivity (Wildman–Crippen MR) is 173 cm³/mol. The van der Waals surface area contributed by atoms with Gasteiger partial charge in [-0.05, 0) is 74.0 Å². The highest BCUT2D eigenvalue weighted by molar-refractivity contribution is 7.93. The summed E-state index contributed by atoms with van der Waals surface area (Å²) in [5, 5.41) is 20.8. The van der Waals surface area contributed by atoms with Gasteiger partial charge in [-0.15, -0.1) is 4.36 Å². The Morgan fingerprint density at radius 1 is 1.00 bits per heavy atom. The Labute approximate surface area is 269 Å². The van der Waals surface area contributed by atoms with E-state index >= 15 is 0 Å². The molecule has 0 saturated heterocycles. The van der Waals surface area contributed by atoms with Crippen LogP contribution in [0, 0.1) is 0 Å². The molecule has 0 aliphatic carbocycles. The first kappa shape index (κ1) is 34.6. The molecule has 248 valence electrons. The lowest BCUT2D eigenvalue weighted by molar-refractivity contribution is -0.137. The van der Waals surface area contributed by atoms with E-state index in [1.54, 1.807) is 68.6 Å². The maximum absolute atomic E-state index is 13.0. The Hall–Kier alpha value is -5.22. The molecule has 0 aliphatic heterocycles. The molecule has 0 spiro atoms. The molecule has 3 aromatic carbocycles. The normalized spacial score (nSPS) is 13.1. The summed E-state index contributed by atoms with van der Waals surface area (Å²) in [5.41, 5.74) is 1.29. The third-order valence-corrected chi connectivity index (χ3v) is 8.06. The summed E-state index contributed by atoms with van der Waals surface area (Å²) in [6, 6.07) is 16.2. The van der Waals surface area contributed by atoms with Crippen molar-refractivity contribution in [1.29, 1.82) is 0 Å². The van der Waals surface area contributed by atoms with Gasteiger partial charge in [0.15, 0.2) is 0 Å². The third kappa shape index (κ3) is 9.64. The zero-order valence-electron chi connectivity index (χ0n) is 25.5. The number of carbonyl (C=O) groups excluding carboxylic acids is 2. The van der Waals surface area contributed by atoms with Crippen LogP contribution in [0.25, 0.3) is 11.1 Å². The summed E-state index contributed by atoms with van der Waals surface area (Å²) in [4.78, 5) is 33.4. The number of nitrogens with zero attached hydrogens (tertiary/aromatic N) is 3. The molecule has 5 N–H and O–H groups in total. The number of nitrogens with one attached hydrogen (secondary N) is 4. The van der Waals surface area contributed by atoms with Gasteiger partial charge in [0.25, 0.3) is 0 Å². The maximum atomic E-state index is 13.0. The highest BCUT2D eigenvalue weighted by Gasteiger charge is 2.30. The van der Waals surface area contributed by atoms with Gasteiger partial charge in [-0.1, -0.05) is 18.2 Å². The Morgan fingerprint density at radius 3 is 2.30 bits per heavy atom. The standard InChI is InChI=1S/C31H32F3N7O5S/c1-4-46-30(44)41-47(3,45)25-14-12-22(13-15-25)37-28-35-17-26(27(40-28)36-19(2)18-42)20-8-10-23(11-9-20)38-29(43)39-24-7-5-6-21(16-24)31(32,33)34/h5-17,19,42H,4,18H2,1-3H3,(H2,38,39,43)(H2,35,36,37,40)/t19-,47-/m1/s1. The minimum atomic E-state index is -4.54.